The van der Waals surface area contributed by atoms with E-state index in [0.717, 1.165) is 56.3 Å². The molecule has 0 N–H and O–H groups in total. The maximum atomic E-state index is 6.51. The van der Waals surface area contributed by atoms with E-state index in [2.05, 4.69) is 73.7 Å². The molecule has 8 radical (unpaired) electrons. The van der Waals surface area contributed by atoms with E-state index in [0.29, 0.717) is 0 Å². The van der Waals surface area contributed by atoms with E-state index in [9.17, 15) is 0 Å². The zero-order valence-corrected chi connectivity index (χ0v) is 19.6. The number of fused-ring (bicyclic) bond motifs is 12. The summed E-state index contributed by atoms with van der Waals surface area (Å²) in [4.78, 5) is 10.4. The minimum atomic E-state index is -1.16. The molecule has 7 heteroatoms. The predicted molar refractivity (Wildman–Crippen MR) is 143 cm³/mol. The third-order valence-electron chi connectivity index (χ3n) is 8.23. The first-order valence-corrected chi connectivity index (χ1v) is 11.8. The molecule has 2 aromatic heterocycles. The van der Waals surface area contributed by atoms with Crippen LogP contribution in [0.25, 0.3) is 38.4 Å². The van der Waals surface area contributed by atoms with E-state index in [1.165, 1.54) is 5.39 Å². The number of imidazole rings is 1. The number of nitrogens with zero attached hydrogens (tertiary/aromatic N) is 3. The minimum Gasteiger partial charge on any atom is -0.279 e. The van der Waals surface area contributed by atoms with Crippen LogP contribution in [-0.4, -0.2) is 45.8 Å². The van der Waals surface area contributed by atoms with Crippen LogP contribution >= 0.6 is 0 Å². The molecule has 2 unspecified atom stereocenters. The lowest BCUT2D eigenvalue weighted by atomic mass is 9.26. The smallest absolute Gasteiger partial charge is 0.148 e. The lowest BCUT2D eigenvalue weighted by Crippen LogP contribution is -2.36. The van der Waals surface area contributed by atoms with Gasteiger partial charge in [0.2, 0.25) is 0 Å². The number of aromatic nitrogens is 3. The standard InChI is InChI=1S/C27H21B4N3/c1-25(2,3)24-33-22-14-7-5-4-6-13(14)8-9-15(22)23-32-20-10-16-17(11-21(20)34(23)24)19-12-18(16)26(28,29)27(19,30)31/h4-11,18-19H,12H2,1-3H3. The molecule has 0 spiro atoms. The zero-order valence-electron chi connectivity index (χ0n) is 19.6. The van der Waals surface area contributed by atoms with Crippen LogP contribution in [0.3, 0.4) is 0 Å². The van der Waals surface area contributed by atoms with Crippen molar-refractivity contribution in [2.24, 2.45) is 0 Å². The largest absolute Gasteiger partial charge is 0.279 e. The fourth-order valence-electron chi connectivity index (χ4n) is 6.37. The molecule has 0 aliphatic heterocycles. The van der Waals surface area contributed by atoms with Crippen LogP contribution in [0, 0.1) is 0 Å². The van der Waals surface area contributed by atoms with Crippen molar-refractivity contribution >= 4 is 69.7 Å². The Bertz CT molecular complexity index is 1690. The zero-order chi connectivity index (χ0) is 23.8. The van der Waals surface area contributed by atoms with E-state index < -0.39 is 10.4 Å². The fraction of sp³-hybridized carbons (Fsp3) is 0.333. The number of hydrogen-bond acceptors (Lipinski definition) is 2. The third-order valence-corrected chi connectivity index (χ3v) is 8.23. The van der Waals surface area contributed by atoms with Gasteiger partial charge in [-0.15, -0.1) is 10.4 Å². The second-order valence-corrected chi connectivity index (χ2v) is 11.3. The van der Waals surface area contributed by atoms with Crippen molar-refractivity contribution in [3.63, 3.8) is 0 Å². The van der Waals surface area contributed by atoms with Crippen molar-refractivity contribution in [1.29, 1.82) is 0 Å². The highest BCUT2D eigenvalue weighted by Crippen LogP contribution is 2.74. The number of hydrogen-bond donors (Lipinski definition) is 0. The van der Waals surface area contributed by atoms with Gasteiger partial charge in [-0.05, 0) is 53.0 Å². The van der Waals surface area contributed by atoms with Gasteiger partial charge in [0, 0.05) is 16.2 Å². The molecule has 5 aromatic rings. The van der Waals surface area contributed by atoms with Gasteiger partial charge in [-0.3, -0.25) is 4.40 Å². The molecule has 3 nitrogen and oxygen atoms in total. The van der Waals surface area contributed by atoms with Crippen molar-refractivity contribution < 1.29 is 0 Å². The molecule has 2 bridgehead atoms. The topological polar surface area (TPSA) is 30.2 Å². The first-order valence-electron chi connectivity index (χ1n) is 11.8. The SMILES string of the molecule is [B]C1([B])C2CC(c3cc4c(cc32)nc2c3ccc5ccccc5c3nc(C(C)(C)C)n42)C1([B])[B]. The van der Waals surface area contributed by atoms with Crippen molar-refractivity contribution in [3.05, 3.63) is 65.5 Å². The van der Waals surface area contributed by atoms with E-state index in [1.807, 2.05) is 0 Å². The lowest BCUT2D eigenvalue weighted by Gasteiger charge is -2.48. The molecule has 2 atom stereocenters. The van der Waals surface area contributed by atoms with Gasteiger partial charge >= 0.3 is 0 Å². The second-order valence-electron chi connectivity index (χ2n) is 11.3. The minimum absolute atomic E-state index is 0.0855. The Morgan fingerprint density at radius 3 is 2.24 bits per heavy atom. The summed E-state index contributed by atoms with van der Waals surface area (Å²) in [5.74, 6) is 0.793. The quantitative estimate of drug-likeness (QED) is 0.256. The molecule has 3 aromatic carbocycles. The Hall–Kier alpha value is -2.68. The molecule has 0 amide bonds. The van der Waals surface area contributed by atoms with Crippen LogP contribution in [0.1, 0.15) is 56.0 Å². The van der Waals surface area contributed by atoms with E-state index in [4.69, 9.17) is 41.4 Å². The molecule has 2 heterocycles. The van der Waals surface area contributed by atoms with Crippen molar-refractivity contribution in [2.45, 2.75) is 54.9 Å². The van der Waals surface area contributed by atoms with Gasteiger partial charge < -0.3 is 0 Å². The van der Waals surface area contributed by atoms with Crippen molar-refractivity contribution in [2.75, 3.05) is 0 Å². The molecule has 1 saturated carbocycles. The molecule has 7 rings (SSSR count). The number of benzene rings is 3. The van der Waals surface area contributed by atoms with Crippen LogP contribution in [0.15, 0.2) is 48.5 Å². The van der Waals surface area contributed by atoms with Crippen LogP contribution in [0.4, 0.5) is 0 Å². The first kappa shape index (κ1) is 20.7. The predicted octanol–water partition coefficient (Wildman–Crippen LogP) is 4.98. The molecule has 0 saturated heterocycles. The molecule has 156 valence electrons. The average molecular weight is 431 g/mol. The Morgan fingerprint density at radius 1 is 0.853 bits per heavy atom. The molecular formula is C27H21B4N3. The van der Waals surface area contributed by atoms with Gasteiger partial charge in [0.25, 0.3) is 0 Å². The number of rotatable bonds is 0. The summed E-state index contributed by atoms with van der Waals surface area (Å²) in [6.45, 7) is 6.57. The van der Waals surface area contributed by atoms with Crippen LogP contribution in [-0.2, 0) is 5.41 Å². The molecular weight excluding hydrogens is 410 g/mol. The van der Waals surface area contributed by atoms with E-state index in [-0.39, 0.29) is 17.3 Å². The summed E-state index contributed by atoms with van der Waals surface area (Å²) in [5.41, 5.74) is 5.87. The monoisotopic (exact) mass is 431 g/mol. The van der Waals surface area contributed by atoms with Gasteiger partial charge in [-0.1, -0.05) is 51.1 Å². The molecule has 2 aliphatic carbocycles. The summed E-state index contributed by atoms with van der Waals surface area (Å²) in [7, 11) is 26.0. The highest BCUT2D eigenvalue weighted by atomic mass is 15.1. The second kappa shape index (κ2) is 6.11. The Kier molecular flexibility index (Phi) is 3.71. The van der Waals surface area contributed by atoms with Crippen molar-refractivity contribution in [3.8, 4) is 0 Å². The van der Waals surface area contributed by atoms with Gasteiger partial charge in [0.1, 0.15) is 11.5 Å². The van der Waals surface area contributed by atoms with Gasteiger partial charge in [-0.25, -0.2) is 9.97 Å². The lowest BCUT2D eigenvalue weighted by molar-refractivity contribution is 0.542. The Labute approximate surface area is 204 Å². The van der Waals surface area contributed by atoms with Crippen LogP contribution in [0.2, 0.25) is 10.4 Å². The Morgan fingerprint density at radius 2 is 1.53 bits per heavy atom. The molecule has 34 heavy (non-hydrogen) atoms. The maximum absolute atomic E-state index is 6.51. The highest BCUT2D eigenvalue weighted by Gasteiger charge is 2.58. The van der Waals surface area contributed by atoms with Gasteiger partial charge in [0.05, 0.1) is 47.9 Å². The summed E-state index contributed by atoms with van der Waals surface area (Å²) in [6.07, 6.45) is 0.768. The molecule has 2 aliphatic rings. The summed E-state index contributed by atoms with van der Waals surface area (Å²) in [6, 6.07) is 17.0. The Balaban J connectivity index is 1.63. The summed E-state index contributed by atoms with van der Waals surface area (Å²) < 4.78 is 2.21. The van der Waals surface area contributed by atoms with E-state index in [1.54, 1.807) is 0 Å². The molecule has 1 fully saturated rings. The maximum Gasteiger partial charge on any atom is 0.148 e. The average Bonchev–Trinajstić information content (AvgIpc) is 3.39. The van der Waals surface area contributed by atoms with Crippen LogP contribution in [0.5, 0.6) is 0 Å². The fourth-order valence-corrected chi connectivity index (χ4v) is 6.37. The van der Waals surface area contributed by atoms with Gasteiger partial charge in [-0.2, -0.15) is 0 Å². The normalized spacial score (nSPS) is 22.8. The summed E-state index contributed by atoms with van der Waals surface area (Å²) >= 11 is 0. The van der Waals surface area contributed by atoms with Gasteiger partial charge in [0.15, 0.2) is 0 Å². The summed E-state index contributed by atoms with van der Waals surface area (Å²) in [5, 5.41) is 1.03. The van der Waals surface area contributed by atoms with Crippen molar-refractivity contribution in [1.82, 2.24) is 14.4 Å². The first-order chi connectivity index (χ1) is 16.0. The van der Waals surface area contributed by atoms with E-state index >= 15 is 0 Å². The third kappa shape index (κ3) is 2.34. The highest BCUT2D eigenvalue weighted by molar-refractivity contribution is 6.55. The van der Waals surface area contributed by atoms with Crippen LogP contribution < -0.4 is 0 Å².